The number of anilines is 1. The zero-order chi connectivity index (χ0) is 16.5. The van der Waals surface area contributed by atoms with E-state index in [4.69, 9.17) is 0 Å². The largest absolute Gasteiger partial charge is 0.326 e. The van der Waals surface area contributed by atoms with Gasteiger partial charge in [-0.15, -0.1) is 11.8 Å². The quantitative estimate of drug-likeness (QED) is 0.640. The number of rotatable bonds is 8. The number of hydrogen-bond donors (Lipinski definition) is 2. The first kappa shape index (κ1) is 18.0. The summed E-state index contributed by atoms with van der Waals surface area (Å²) >= 11 is 5.11. The van der Waals surface area contributed by atoms with Crippen molar-refractivity contribution in [3.63, 3.8) is 0 Å². The average Bonchev–Trinajstić information content (AvgIpc) is 2.56. The van der Waals surface area contributed by atoms with Gasteiger partial charge in [-0.05, 0) is 42.4 Å². The third kappa shape index (κ3) is 6.37. The summed E-state index contributed by atoms with van der Waals surface area (Å²) in [6.07, 6.45) is 0.496. The monoisotopic (exact) mass is 392 g/mol. The molecule has 0 fully saturated rings. The van der Waals surface area contributed by atoms with Crippen LogP contribution in [0.25, 0.3) is 0 Å². The van der Waals surface area contributed by atoms with Gasteiger partial charge in [0.25, 0.3) is 0 Å². The number of nitrogens with one attached hydrogen (secondary N) is 2. The van der Waals surface area contributed by atoms with E-state index in [0.29, 0.717) is 6.42 Å². The van der Waals surface area contributed by atoms with Gasteiger partial charge >= 0.3 is 0 Å². The molecule has 2 aromatic rings. The minimum absolute atomic E-state index is 0.0542. The molecule has 0 saturated heterocycles. The second-order valence-corrected chi connectivity index (χ2v) is 7.12. The van der Waals surface area contributed by atoms with E-state index in [1.807, 2.05) is 36.4 Å². The smallest absolute Gasteiger partial charge is 0.225 e. The lowest BCUT2D eigenvalue weighted by molar-refractivity contribution is -0.115. The highest BCUT2D eigenvalue weighted by molar-refractivity contribution is 9.10. The minimum atomic E-state index is 0.0542. The molecule has 122 valence electrons. The van der Waals surface area contributed by atoms with Crippen LogP contribution in [-0.2, 0) is 11.3 Å². The number of benzene rings is 2. The Bertz CT molecular complexity index is 631. The predicted molar refractivity (Wildman–Crippen MR) is 102 cm³/mol. The molecule has 2 N–H and O–H groups in total. The first-order valence-electron chi connectivity index (χ1n) is 7.66. The van der Waals surface area contributed by atoms with Crippen LogP contribution >= 0.6 is 27.7 Å². The Morgan fingerprint density at radius 1 is 1.13 bits per heavy atom. The molecule has 0 aliphatic carbocycles. The first-order valence-corrected chi connectivity index (χ1v) is 9.43. The van der Waals surface area contributed by atoms with Crippen LogP contribution in [0.15, 0.2) is 57.9 Å². The van der Waals surface area contributed by atoms with Crippen LogP contribution in [0.4, 0.5) is 5.69 Å². The molecule has 0 aliphatic heterocycles. The molecule has 0 unspecified atom stereocenters. The lowest BCUT2D eigenvalue weighted by Gasteiger charge is -2.11. The van der Waals surface area contributed by atoms with Crippen LogP contribution in [-0.4, -0.2) is 18.2 Å². The molecule has 1 amide bonds. The van der Waals surface area contributed by atoms with E-state index in [1.54, 1.807) is 11.8 Å². The fourth-order valence-electron chi connectivity index (χ4n) is 2.06. The van der Waals surface area contributed by atoms with Gasteiger partial charge in [-0.25, -0.2) is 0 Å². The number of carbonyl (C=O) groups excluding carboxylic acids is 1. The summed E-state index contributed by atoms with van der Waals surface area (Å²) in [7, 11) is 0. The molecular weight excluding hydrogens is 372 g/mol. The highest BCUT2D eigenvalue weighted by Gasteiger charge is 2.06. The first-order chi connectivity index (χ1) is 11.2. The van der Waals surface area contributed by atoms with Crippen LogP contribution in [0.3, 0.4) is 0 Å². The van der Waals surface area contributed by atoms with Crippen LogP contribution in [0.2, 0.25) is 0 Å². The van der Waals surface area contributed by atoms with Crippen molar-refractivity contribution in [2.75, 3.05) is 17.6 Å². The topological polar surface area (TPSA) is 41.1 Å². The molecular formula is C18H21BrN2OS. The Hall–Kier alpha value is -1.30. The Morgan fingerprint density at radius 2 is 1.87 bits per heavy atom. The van der Waals surface area contributed by atoms with Gasteiger partial charge in [0.1, 0.15) is 0 Å². The zero-order valence-corrected chi connectivity index (χ0v) is 15.5. The number of para-hydroxylation sites is 1. The molecule has 0 bridgehead atoms. The van der Waals surface area contributed by atoms with Gasteiger partial charge in [0.05, 0.1) is 0 Å². The fraction of sp³-hybridized carbons (Fsp3) is 0.278. The average molecular weight is 393 g/mol. The maximum atomic E-state index is 12.1. The lowest BCUT2D eigenvalue weighted by Crippen LogP contribution is -2.17. The fourth-order valence-corrected chi connectivity index (χ4v) is 3.18. The van der Waals surface area contributed by atoms with E-state index in [0.717, 1.165) is 34.6 Å². The van der Waals surface area contributed by atoms with Gasteiger partial charge < -0.3 is 10.6 Å². The van der Waals surface area contributed by atoms with Crippen LogP contribution < -0.4 is 10.6 Å². The van der Waals surface area contributed by atoms with Gasteiger partial charge in [-0.3, -0.25) is 4.79 Å². The summed E-state index contributed by atoms with van der Waals surface area (Å²) < 4.78 is 1.07. The summed E-state index contributed by atoms with van der Waals surface area (Å²) in [5.74, 6) is 0.821. The molecule has 0 aliphatic rings. The van der Waals surface area contributed by atoms with Crippen molar-refractivity contribution >= 4 is 39.3 Å². The Morgan fingerprint density at radius 3 is 2.61 bits per heavy atom. The highest BCUT2D eigenvalue weighted by atomic mass is 79.9. The molecule has 0 radical (unpaired) electrons. The normalized spacial score (nSPS) is 10.5. The standard InChI is InChI=1S/C18H21BrN2OS/c1-2-20-13-14-5-3-4-6-17(14)21-18(22)11-12-23-16-9-7-15(19)8-10-16/h3-10,20H,2,11-13H2,1H3,(H,21,22). The van der Waals surface area contributed by atoms with Gasteiger partial charge in [0, 0.05) is 33.8 Å². The van der Waals surface area contributed by atoms with Crippen molar-refractivity contribution in [3.05, 3.63) is 58.6 Å². The third-order valence-corrected chi connectivity index (χ3v) is 4.81. The maximum absolute atomic E-state index is 12.1. The van der Waals surface area contributed by atoms with Gasteiger partial charge in [-0.1, -0.05) is 41.1 Å². The summed E-state index contributed by atoms with van der Waals surface area (Å²) in [6.45, 7) is 3.74. The van der Waals surface area contributed by atoms with Crippen LogP contribution in [0.5, 0.6) is 0 Å². The molecule has 3 nitrogen and oxygen atoms in total. The van der Waals surface area contributed by atoms with Crippen molar-refractivity contribution in [1.82, 2.24) is 5.32 Å². The van der Waals surface area contributed by atoms with Crippen molar-refractivity contribution in [2.24, 2.45) is 0 Å². The molecule has 23 heavy (non-hydrogen) atoms. The van der Waals surface area contributed by atoms with Crippen molar-refractivity contribution < 1.29 is 4.79 Å². The summed E-state index contributed by atoms with van der Waals surface area (Å²) in [5, 5.41) is 6.30. The van der Waals surface area contributed by atoms with Gasteiger partial charge in [0.15, 0.2) is 0 Å². The molecule has 0 spiro atoms. The van der Waals surface area contributed by atoms with Crippen molar-refractivity contribution in [3.8, 4) is 0 Å². The van der Waals surface area contributed by atoms with Crippen LogP contribution in [0, 0.1) is 0 Å². The summed E-state index contributed by atoms with van der Waals surface area (Å²) in [4.78, 5) is 13.3. The van der Waals surface area contributed by atoms with E-state index in [2.05, 4.69) is 45.6 Å². The number of amides is 1. The molecule has 2 aromatic carbocycles. The van der Waals surface area contributed by atoms with Gasteiger partial charge in [0.2, 0.25) is 5.91 Å². The van der Waals surface area contributed by atoms with E-state index in [-0.39, 0.29) is 5.91 Å². The second kappa shape index (κ2) is 9.75. The molecule has 0 saturated carbocycles. The van der Waals surface area contributed by atoms with Gasteiger partial charge in [-0.2, -0.15) is 0 Å². The molecule has 2 rings (SSSR count). The number of carbonyl (C=O) groups is 1. The Labute approximate surface area is 150 Å². The van der Waals surface area contributed by atoms with E-state index < -0.39 is 0 Å². The minimum Gasteiger partial charge on any atom is -0.326 e. The van der Waals surface area contributed by atoms with Crippen molar-refractivity contribution in [1.29, 1.82) is 0 Å². The Kier molecular flexibility index (Phi) is 7.65. The molecule has 0 heterocycles. The van der Waals surface area contributed by atoms with Crippen LogP contribution in [0.1, 0.15) is 18.9 Å². The zero-order valence-electron chi connectivity index (χ0n) is 13.1. The molecule has 5 heteroatoms. The third-order valence-electron chi connectivity index (χ3n) is 3.27. The Balaban J connectivity index is 1.81. The number of thioether (sulfide) groups is 1. The molecule has 0 aromatic heterocycles. The maximum Gasteiger partial charge on any atom is 0.225 e. The predicted octanol–water partition coefficient (Wildman–Crippen LogP) is 4.68. The van der Waals surface area contributed by atoms with Crippen molar-refractivity contribution in [2.45, 2.75) is 24.8 Å². The SMILES string of the molecule is CCNCc1ccccc1NC(=O)CCSc1ccc(Br)cc1. The molecule has 0 atom stereocenters. The van der Waals surface area contributed by atoms with E-state index in [1.165, 1.54) is 4.90 Å². The summed E-state index contributed by atoms with van der Waals surface area (Å²) in [5.41, 5.74) is 2.01. The van der Waals surface area contributed by atoms with E-state index in [9.17, 15) is 4.79 Å². The highest BCUT2D eigenvalue weighted by Crippen LogP contribution is 2.21. The summed E-state index contributed by atoms with van der Waals surface area (Å²) in [6, 6.07) is 16.1. The number of halogens is 1. The second-order valence-electron chi connectivity index (χ2n) is 5.04. The lowest BCUT2D eigenvalue weighted by atomic mass is 10.1. The van der Waals surface area contributed by atoms with E-state index >= 15 is 0 Å². The number of hydrogen-bond acceptors (Lipinski definition) is 3.